The van der Waals surface area contributed by atoms with Gasteiger partial charge in [-0.25, -0.2) is 0 Å². The molecule has 0 spiro atoms. The predicted molar refractivity (Wildman–Crippen MR) is 94.8 cm³/mol. The van der Waals surface area contributed by atoms with Crippen molar-refractivity contribution < 1.29 is 19.4 Å². The Balaban J connectivity index is 1.66. The summed E-state index contributed by atoms with van der Waals surface area (Å²) in [5.41, 5.74) is 0.364. The quantitative estimate of drug-likeness (QED) is 0.728. The Bertz CT molecular complexity index is 599. The number of hydrogen-bond donors (Lipinski definition) is 3. The van der Waals surface area contributed by atoms with Crippen LogP contribution in [0.3, 0.4) is 0 Å². The van der Waals surface area contributed by atoms with Crippen molar-refractivity contribution in [3.05, 3.63) is 23.8 Å². The zero-order valence-corrected chi connectivity index (χ0v) is 15.0. The van der Waals surface area contributed by atoms with Gasteiger partial charge in [0.1, 0.15) is 11.5 Å². The molecule has 0 aromatic heterocycles. The molecule has 1 heterocycles. The molecule has 1 aliphatic carbocycles. The monoisotopic (exact) mass is 348 g/mol. The number of carbonyl (C=O) groups excluding carboxylic acids is 1. The van der Waals surface area contributed by atoms with E-state index in [1.807, 2.05) is 0 Å². The fourth-order valence-electron chi connectivity index (χ4n) is 4.20. The van der Waals surface area contributed by atoms with E-state index in [1.165, 1.54) is 6.42 Å². The lowest BCUT2D eigenvalue weighted by Gasteiger charge is -2.37. The molecule has 1 amide bonds. The second-order valence-corrected chi connectivity index (χ2v) is 7.10. The lowest BCUT2D eigenvalue weighted by molar-refractivity contribution is -0.134. The number of fused-ring (bicyclic) bond motifs is 1. The van der Waals surface area contributed by atoms with Crippen molar-refractivity contribution in [1.29, 1.82) is 0 Å². The zero-order valence-electron chi connectivity index (χ0n) is 15.0. The summed E-state index contributed by atoms with van der Waals surface area (Å²) in [4.78, 5) is 12.9. The minimum Gasteiger partial charge on any atom is -0.497 e. The van der Waals surface area contributed by atoms with Crippen LogP contribution in [0.15, 0.2) is 18.2 Å². The molecule has 0 radical (unpaired) electrons. The molecule has 1 aromatic rings. The van der Waals surface area contributed by atoms with E-state index < -0.39 is 6.10 Å². The molecule has 1 aromatic carbocycles. The number of aliphatic hydroxyl groups is 1. The van der Waals surface area contributed by atoms with Gasteiger partial charge in [0.25, 0.3) is 0 Å². The van der Waals surface area contributed by atoms with Crippen LogP contribution < -0.4 is 20.1 Å². The van der Waals surface area contributed by atoms with Crippen LogP contribution in [0.4, 0.5) is 0 Å². The number of methoxy groups -OCH3 is 2. The fraction of sp³-hybridized carbons (Fsp3) is 0.632. The molecule has 6 heteroatoms. The Hall–Kier alpha value is -1.79. The van der Waals surface area contributed by atoms with Crippen molar-refractivity contribution in [2.24, 2.45) is 11.3 Å². The maximum atomic E-state index is 12.9. The summed E-state index contributed by atoms with van der Waals surface area (Å²) < 4.78 is 10.5. The smallest absolute Gasteiger partial charge is 0.227 e. The Morgan fingerprint density at radius 2 is 2.04 bits per heavy atom. The topological polar surface area (TPSA) is 79.8 Å². The second kappa shape index (κ2) is 7.62. The lowest BCUT2D eigenvalue weighted by atomic mass is 9.67. The van der Waals surface area contributed by atoms with Crippen molar-refractivity contribution in [2.75, 3.05) is 33.9 Å². The van der Waals surface area contributed by atoms with Crippen LogP contribution in [0.1, 0.15) is 37.4 Å². The maximum Gasteiger partial charge on any atom is 0.227 e. The van der Waals surface area contributed by atoms with Gasteiger partial charge in [0, 0.05) is 19.2 Å². The first-order valence-electron chi connectivity index (χ1n) is 8.99. The number of rotatable bonds is 6. The van der Waals surface area contributed by atoms with Crippen LogP contribution in [-0.4, -0.2) is 44.9 Å². The third kappa shape index (κ3) is 3.60. The predicted octanol–water partition coefficient (Wildman–Crippen LogP) is 1.63. The van der Waals surface area contributed by atoms with E-state index >= 15 is 0 Å². The average molecular weight is 348 g/mol. The molecule has 6 nitrogen and oxygen atoms in total. The number of hydrogen-bond acceptors (Lipinski definition) is 5. The summed E-state index contributed by atoms with van der Waals surface area (Å²) in [5, 5.41) is 16.9. The molecule has 3 rings (SSSR count). The number of aliphatic hydroxyl groups excluding tert-OH is 1. The Labute approximate surface area is 148 Å². The first-order chi connectivity index (χ1) is 12.1. The summed E-state index contributed by atoms with van der Waals surface area (Å²) in [6.45, 7) is 1.85. The van der Waals surface area contributed by atoms with Gasteiger partial charge in [-0.1, -0.05) is 12.8 Å². The summed E-state index contributed by atoms with van der Waals surface area (Å²) in [7, 11) is 3.14. The summed E-state index contributed by atoms with van der Waals surface area (Å²) >= 11 is 0. The minimum absolute atomic E-state index is 0.0658. The summed E-state index contributed by atoms with van der Waals surface area (Å²) in [5.74, 6) is 1.71. The molecule has 3 N–H and O–H groups in total. The average Bonchev–Trinajstić information content (AvgIpc) is 3.10. The van der Waals surface area contributed by atoms with Crippen LogP contribution in [-0.2, 0) is 4.79 Å². The molecule has 2 fully saturated rings. The van der Waals surface area contributed by atoms with Gasteiger partial charge in [0.15, 0.2) is 0 Å². The van der Waals surface area contributed by atoms with Crippen LogP contribution in [0, 0.1) is 11.3 Å². The molecule has 1 aliphatic heterocycles. The Morgan fingerprint density at radius 3 is 2.72 bits per heavy atom. The molecule has 3 atom stereocenters. The highest BCUT2D eigenvalue weighted by atomic mass is 16.5. The molecule has 1 saturated carbocycles. The van der Waals surface area contributed by atoms with Gasteiger partial charge in [0.05, 0.1) is 25.7 Å². The Kier molecular flexibility index (Phi) is 5.49. The van der Waals surface area contributed by atoms with E-state index in [4.69, 9.17) is 9.47 Å². The zero-order chi connectivity index (χ0) is 17.9. The van der Waals surface area contributed by atoms with Gasteiger partial charge in [-0.15, -0.1) is 0 Å². The van der Waals surface area contributed by atoms with Gasteiger partial charge in [-0.3, -0.25) is 4.79 Å². The molecule has 1 saturated heterocycles. The van der Waals surface area contributed by atoms with Crippen LogP contribution in [0.2, 0.25) is 0 Å². The highest BCUT2D eigenvalue weighted by Gasteiger charge is 2.49. The van der Waals surface area contributed by atoms with Crippen LogP contribution in [0.5, 0.6) is 11.5 Å². The molecular formula is C19H28N2O4. The van der Waals surface area contributed by atoms with E-state index in [0.717, 1.165) is 32.4 Å². The normalized spacial score (nSPS) is 26.6. The number of ether oxygens (including phenoxy) is 2. The van der Waals surface area contributed by atoms with Crippen molar-refractivity contribution in [2.45, 2.75) is 31.8 Å². The number of carbonyl (C=O) groups is 1. The highest BCUT2D eigenvalue weighted by Crippen LogP contribution is 2.44. The van der Waals surface area contributed by atoms with Crippen molar-refractivity contribution in [3.63, 3.8) is 0 Å². The fourth-order valence-corrected chi connectivity index (χ4v) is 4.20. The van der Waals surface area contributed by atoms with Gasteiger partial charge in [0.2, 0.25) is 5.91 Å². The van der Waals surface area contributed by atoms with Crippen LogP contribution in [0.25, 0.3) is 0 Å². The van der Waals surface area contributed by atoms with Gasteiger partial charge >= 0.3 is 0 Å². The minimum atomic E-state index is -0.805. The van der Waals surface area contributed by atoms with Crippen molar-refractivity contribution in [3.8, 4) is 11.5 Å². The largest absolute Gasteiger partial charge is 0.497 e. The SMILES string of the molecule is COc1cc(OC)cc(C(O)CNC(=O)[C@@]23CCCC[C@H]2CNC3)c1. The highest BCUT2D eigenvalue weighted by molar-refractivity contribution is 5.84. The van der Waals surface area contributed by atoms with Gasteiger partial charge in [-0.2, -0.15) is 0 Å². The van der Waals surface area contributed by atoms with Crippen molar-refractivity contribution >= 4 is 5.91 Å². The first kappa shape index (κ1) is 18.0. The van der Waals surface area contributed by atoms with Crippen LogP contribution >= 0.6 is 0 Å². The summed E-state index contributed by atoms with van der Waals surface area (Å²) in [6, 6.07) is 5.28. The number of benzene rings is 1. The lowest BCUT2D eigenvalue weighted by Crippen LogP contribution is -2.48. The third-order valence-corrected chi connectivity index (χ3v) is 5.70. The molecule has 2 aliphatic rings. The van der Waals surface area contributed by atoms with E-state index in [1.54, 1.807) is 32.4 Å². The molecule has 1 unspecified atom stereocenters. The van der Waals surface area contributed by atoms with Gasteiger partial charge in [-0.05, 0) is 43.0 Å². The standard InChI is InChI=1S/C19H28N2O4/c1-24-15-7-13(8-16(9-15)25-2)17(22)11-21-18(23)19-6-4-3-5-14(19)10-20-12-19/h7-9,14,17,20,22H,3-6,10-12H2,1-2H3,(H,21,23)/t14-,17?,19+/m0/s1. The number of nitrogens with one attached hydrogen (secondary N) is 2. The molecule has 138 valence electrons. The Morgan fingerprint density at radius 1 is 1.32 bits per heavy atom. The third-order valence-electron chi connectivity index (χ3n) is 5.70. The molecule has 25 heavy (non-hydrogen) atoms. The van der Waals surface area contributed by atoms with Gasteiger partial charge < -0.3 is 25.2 Å². The maximum absolute atomic E-state index is 12.9. The van der Waals surface area contributed by atoms with E-state index in [0.29, 0.717) is 23.0 Å². The first-order valence-corrected chi connectivity index (χ1v) is 8.99. The van der Waals surface area contributed by atoms with E-state index in [-0.39, 0.29) is 17.9 Å². The summed E-state index contributed by atoms with van der Waals surface area (Å²) in [6.07, 6.45) is 3.53. The molecular weight excluding hydrogens is 320 g/mol. The molecule has 0 bridgehead atoms. The van der Waals surface area contributed by atoms with E-state index in [2.05, 4.69) is 10.6 Å². The second-order valence-electron chi connectivity index (χ2n) is 7.10. The van der Waals surface area contributed by atoms with Crippen molar-refractivity contribution in [1.82, 2.24) is 10.6 Å². The number of amides is 1. The van der Waals surface area contributed by atoms with E-state index in [9.17, 15) is 9.90 Å².